The molecule has 0 aliphatic carbocycles. The maximum absolute atomic E-state index is 12.4. The molecule has 0 bridgehead atoms. The lowest BCUT2D eigenvalue weighted by Gasteiger charge is -2.07. The minimum atomic E-state index is 0.0245. The highest BCUT2D eigenvalue weighted by molar-refractivity contribution is 7.98. The average Bonchev–Trinajstić information content (AvgIpc) is 2.94. The number of thioether (sulfide) groups is 1. The average molecular weight is 523 g/mol. The molecule has 2 aromatic rings. The topological polar surface area (TPSA) is 26.3 Å². The zero-order chi connectivity index (χ0) is 26.4. The van der Waals surface area contributed by atoms with Crippen molar-refractivity contribution in [2.24, 2.45) is 0 Å². The first kappa shape index (κ1) is 31.2. The van der Waals surface area contributed by atoms with Crippen LogP contribution in [0.1, 0.15) is 126 Å². The lowest BCUT2D eigenvalue weighted by atomic mass is 10.0. The van der Waals surface area contributed by atoms with Gasteiger partial charge in [-0.3, -0.25) is 4.79 Å². The number of hydrogen-bond acceptors (Lipinski definition) is 3. The van der Waals surface area contributed by atoms with Crippen LogP contribution in [0.5, 0.6) is 5.75 Å². The van der Waals surface area contributed by atoms with Gasteiger partial charge in [0.2, 0.25) is 0 Å². The van der Waals surface area contributed by atoms with Gasteiger partial charge in [-0.25, -0.2) is 0 Å². The van der Waals surface area contributed by atoms with Gasteiger partial charge >= 0.3 is 0 Å². The van der Waals surface area contributed by atoms with Crippen molar-refractivity contribution in [3.63, 3.8) is 0 Å². The summed E-state index contributed by atoms with van der Waals surface area (Å²) in [6.07, 6.45) is 27.6. The number of ether oxygens (including phenoxy) is 1. The van der Waals surface area contributed by atoms with Crippen LogP contribution in [0.15, 0.2) is 59.5 Å². The molecule has 0 atom stereocenters. The summed E-state index contributed by atoms with van der Waals surface area (Å²) in [4.78, 5) is 13.5. The molecular weight excluding hydrogens is 472 g/mol. The van der Waals surface area contributed by atoms with Gasteiger partial charge in [0.1, 0.15) is 5.75 Å². The fraction of sp³-hybridized carbons (Fsp3) is 0.559. The van der Waals surface area contributed by atoms with E-state index in [4.69, 9.17) is 4.74 Å². The Balaban J connectivity index is 1.44. The van der Waals surface area contributed by atoms with Gasteiger partial charge in [0.15, 0.2) is 5.78 Å². The van der Waals surface area contributed by atoms with Crippen LogP contribution in [0, 0.1) is 0 Å². The number of benzene rings is 2. The van der Waals surface area contributed by atoms with Crippen molar-refractivity contribution in [1.29, 1.82) is 0 Å². The van der Waals surface area contributed by atoms with Crippen molar-refractivity contribution >= 4 is 23.6 Å². The summed E-state index contributed by atoms with van der Waals surface area (Å²) in [5.74, 6) is 0.925. The van der Waals surface area contributed by atoms with E-state index in [9.17, 15) is 4.79 Å². The van der Waals surface area contributed by atoms with Gasteiger partial charge < -0.3 is 4.74 Å². The second kappa shape index (κ2) is 21.0. The van der Waals surface area contributed by atoms with E-state index in [-0.39, 0.29) is 5.78 Å². The SMILES string of the molecule is CCCCCCCCCCCCCCCCCCOc1ccc(C=CC(=O)c2ccc(SC)cc2)cc1. The van der Waals surface area contributed by atoms with E-state index in [0.717, 1.165) is 29.2 Å². The lowest BCUT2D eigenvalue weighted by molar-refractivity contribution is 0.104. The van der Waals surface area contributed by atoms with Crippen molar-refractivity contribution in [3.05, 3.63) is 65.7 Å². The molecule has 0 N–H and O–H groups in total. The normalized spacial score (nSPS) is 11.3. The zero-order valence-electron chi connectivity index (χ0n) is 23.5. The first-order valence-corrected chi connectivity index (χ1v) is 16.0. The quantitative estimate of drug-likeness (QED) is 0.0665. The van der Waals surface area contributed by atoms with Gasteiger partial charge in [-0.2, -0.15) is 0 Å². The van der Waals surface area contributed by atoms with Crippen LogP contribution in [0.25, 0.3) is 6.08 Å². The van der Waals surface area contributed by atoms with Gasteiger partial charge in [-0.15, -0.1) is 11.8 Å². The molecule has 2 aromatic carbocycles. The molecule has 0 fully saturated rings. The molecule has 0 saturated heterocycles. The molecular formula is C34H50O2S. The number of hydrogen-bond donors (Lipinski definition) is 0. The fourth-order valence-corrected chi connectivity index (χ4v) is 4.95. The fourth-order valence-electron chi connectivity index (χ4n) is 4.54. The van der Waals surface area contributed by atoms with Crippen molar-refractivity contribution in [2.75, 3.05) is 12.9 Å². The summed E-state index contributed by atoms with van der Waals surface area (Å²) in [5.41, 5.74) is 1.72. The molecule has 0 heterocycles. The van der Waals surface area contributed by atoms with Crippen molar-refractivity contribution in [2.45, 2.75) is 115 Å². The number of allylic oxidation sites excluding steroid dienone is 1. The van der Waals surface area contributed by atoms with E-state index in [1.807, 2.05) is 60.9 Å². The summed E-state index contributed by atoms with van der Waals surface area (Å²) in [7, 11) is 0. The van der Waals surface area contributed by atoms with E-state index in [1.54, 1.807) is 17.8 Å². The Morgan fingerprint density at radius 3 is 1.65 bits per heavy atom. The largest absolute Gasteiger partial charge is 0.494 e. The first-order valence-electron chi connectivity index (χ1n) is 14.8. The predicted molar refractivity (Wildman–Crippen MR) is 163 cm³/mol. The molecule has 0 radical (unpaired) electrons. The third-order valence-corrected chi connectivity index (χ3v) is 7.69. The second-order valence-electron chi connectivity index (χ2n) is 10.1. The molecule has 0 unspecified atom stereocenters. The molecule has 0 aliphatic rings. The molecule has 3 heteroatoms. The van der Waals surface area contributed by atoms with Crippen LogP contribution in [0.2, 0.25) is 0 Å². The molecule has 0 spiro atoms. The monoisotopic (exact) mass is 522 g/mol. The lowest BCUT2D eigenvalue weighted by Crippen LogP contribution is -1.97. The van der Waals surface area contributed by atoms with Gasteiger partial charge in [0.25, 0.3) is 0 Å². The third-order valence-electron chi connectivity index (χ3n) is 6.95. The number of ketones is 1. The Morgan fingerprint density at radius 1 is 0.676 bits per heavy atom. The Morgan fingerprint density at radius 2 is 1.16 bits per heavy atom. The summed E-state index contributed by atoms with van der Waals surface area (Å²) < 4.78 is 5.90. The Hall–Kier alpha value is -2.00. The van der Waals surface area contributed by atoms with Crippen LogP contribution in [0.4, 0.5) is 0 Å². The molecule has 204 valence electrons. The highest BCUT2D eigenvalue weighted by Gasteiger charge is 2.02. The molecule has 0 aliphatic heterocycles. The third kappa shape index (κ3) is 15.1. The number of rotatable bonds is 22. The first-order chi connectivity index (χ1) is 18.2. The standard InChI is InChI=1S/C34H50O2S/c1-3-4-5-6-7-8-9-10-11-12-13-14-15-16-17-18-29-36-32-24-19-30(20-25-32)21-28-34(35)31-22-26-33(37-2)27-23-31/h19-28H,3-18,29H2,1-2H3. The summed E-state index contributed by atoms with van der Waals surface area (Å²) in [6, 6.07) is 15.7. The van der Waals surface area contributed by atoms with Crippen molar-refractivity contribution in [1.82, 2.24) is 0 Å². The van der Waals surface area contributed by atoms with Gasteiger partial charge in [-0.05, 0) is 60.7 Å². The van der Waals surface area contributed by atoms with E-state index in [1.165, 1.54) is 96.3 Å². The highest BCUT2D eigenvalue weighted by atomic mass is 32.2. The summed E-state index contributed by atoms with van der Waals surface area (Å²) in [6.45, 7) is 3.06. The van der Waals surface area contributed by atoms with Crippen LogP contribution in [0.3, 0.4) is 0 Å². The molecule has 37 heavy (non-hydrogen) atoms. The summed E-state index contributed by atoms with van der Waals surface area (Å²) in [5, 5.41) is 0. The van der Waals surface area contributed by atoms with Crippen LogP contribution in [-0.4, -0.2) is 18.6 Å². The smallest absolute Gasteiger partial charge is 0.185 e. The van der Waals surface area contributed by atoms with E-state index < -0.39 is 0 Å². The number of carbonyl (C=O) groups excluding carboxylic acids is 1. The Bertz CT molecular complexity index is 854. The van der Waals surface area contributed by atoms with Crippen LogP contribution < -0.4 is 4.74 Å². The maximum atomic E-state index is 12.4. The van der Waals surface area contributed by atoms with E-state index >= 15 is 0 Å². The van der Waals surface area contributed by atoms with Crippen molar-refractivity contribution < 1.29 is 9.53 Å². The minimum Gasteiger partial charge on any atom is -0.494 e. The minimum absolute atomic E-state index is 0.0245. The number of carbonyl (C=O) groups is 1. The van der Waals surface area contributed by atoms with E-state index in [0.29, 0.717) is 5.56 Å². The number of unbranched alkanes of at least 4 members (excludes halogenated alkanes) is 15. The zero-order valence-corrected chi connectivity index (χ0v) is 24.3. The molecule has 2 nitrogen and oxygen atoms in total. The van der Waals surface area contributed by atoms with Crippen molar-refractivity contribution in [3.8, 4) is 5.75 Å². The van der Waals surface area contributed by atoms with Gasteiger partial charge in [0.05, 0.1) is 6.61 Å². The van der Waals surface area contributed by atoms with Gasteiger partial charge in [0, 0.05) is 10.5 Å². The Labute approximate surface area is 231 Å². The Kier molecular flexibility index (Phi) is 17.7. The highest BCUT2D eigenvalue weighted by Crippen LogP contribution is 2.18. The predicted octanol–water partition coefficient (Wildman–Crippen LogP) is 10.9. The molecule has 0 aromatic heterocycles. The molecule has 0 amide bonds. The van der Waals surface area contributed by atoms with Gasteiger partial charge in [-0.1, -0.05) is 121 Å². The van der Waals surface area contributed by atoms with Crippen LogP contribution in [-0.2, 0) is 0 Å². The maximum Gasteiger partial charge on any atom is 0.185 e. The molecule has 0 saturated carbocycles. The molecule has 2 rings (SSSR count). The van der Waals surface area contributed by atoms with Crippen LogP contribution >= 0.6 is 11.8 Å². The second-order valence-corrected chi connectivity index (χ2v) is 11.0. The summed E-state index contributed by atoms with van der Waals surface area (Å²) >= 11 is 1.68. The van der Waals surface area contributed by atoms with E-state index in [2.05, 4.69) is 6.92 Å².